The number of nitrogens with zero attached hydrogens (tertiary/aromatic N) is 1. The number of anilines is 1. The quantitative estimate of drug-likeness (QED) is 0.591. The second kappa shape index (κ2) is 5.58. The maximum Gasteiger partial charge on any atom is 0.390 e. The molecule has 0 N–H and O–H groups in total. The molecular formula is C11H12ClF4N. The molecule has 0 aliphatic carbocycles. The first-order chi connectivity index (χ1) is 7.81. The van der Waals surface area contributed by atoms with Gasteiger partial charge in [0.1, 0.15) is 5.82 Å². The molecule has 0 unspecified atom stereocenters. The van der Waals surface area contributed by atoms with E-state index in [4.69, 9.17) is 11.6 Å². The maximum atomic E-state index is 13.1. The van der Waals surface area contributed by atoms with Crippen molar-refractivity contribution in [2.75, 3.05) is 18.5 Å². The molecule has 0 saturated carbocycles. The van der Waals surface area contributed by atoms with Crippen molar-refractivity contribution in [3.8, 4) is 0 Å². The number of alkyl halides is 4. The van der Waals surface area contributed by atoms with Gasteiger partial charge in [0.05, 0.1) is 6.42 Å². The van der Waals surface area contributed by atoms with Crippen molar-refractivity contribution >= 4 is 17.3 Å². The van der Waals surface area contributed by atoms with E-state index < -0.39 is 18.4 Å². The van der Waals surface area contributed by atoms with E-state index in [9.17, 15) is 17.6 Å². The summed E-state index contributed by atoms with van der Waals surface area (Å²) in [7, 11) is 1.48. The summed E-state index contributed by atoms with van der Waals surface area (Å²) in [6.45, 7) is -0.214. The first-order valence-electron chi connectivity index (χ1n) is 4.95. The molecule has 0 fully saturated rings. The lowest BCUT2D eigenvalue weighted by atomic mass is 10.2. The van der Waals surface area contributed by atoms with E-state index in [1.165, 1.54) is 24.1 Å². The molecule has 0 amide bonds. The summed E-state index contributed by atoms with van der Waals surface area (Å²) in [4.78, 5) is 1.35. The van der Waals surface area contributed by atoms with Gasteiger partial charge in [-0.25, -0.2) is 4.39 Å². The van der Waals surface area contributed by atoms with E-state index in [1.807, 2.05) is 0 Å². The average molecular weight is 270 g/mol. The molecule has 0 heterocycles. The molecule has 0 aromatic heterocycles. The highest BCUT2D eigenvalue weighted by molar-refractivity contribution is 6.17. The summed E-state index contributed by atoms with van der Waals surface area (Å²) in [5.41, 5.74) is 0.936. The topological polar surface area (TPSA) is 3.24 Å². The molecule has 1 aromatic carbocycles. The average Bonchev–Trinajstić information content (AvgIpc) is 2.23. The highest BCUT2D eigenvalue weighted by Crippen LogP contribution is 2.23. The monoisotopic (exact) mass is 269 g/mol. The van der Waals surface area contributed by atoms with E-state index >= 15 is 0 Å². The van der Waals surface area contributed by atoms with Crippen LogP contribution in [0.1, 0.15) is 12.0 Å². The molecule has 1 nitrogen and oxygen atoms in total. The van der Waals surface area contributed by atoms with Crippen LogP contribution in [0.5, 0.6) is 0 Å². The van der Waals surface area contributed by atoms with Crippen molar-refractivity contribution in [1.82, 2.24) is 0 Å². The fraction of sp³-hybridized carbons (Fsp3) is 0.455. The maximum absolute atomic E-state index is 13.1. The normalized spacial score (nSPS) is 11.6. The van der Waals surface area contributed by atoms with Crippen LogP contribution < -0.4 is 4.90 Å². The summed E-state index contributed by atoms with van der Waals surface area (Å²) in [6, 6.07) is 4.02. The first kappa shape index (κ1) is 14.1. The van der Waals surface area contributed by atoms with Crippen LogP contribution in [0.15, 0.2) is 18.2 Å². The van der Waals surface area contributed by atoms with Crippen LogP contribution in [0.2, 0.25) is 0 Å². The van der Waals surface area contributed by atoms with Crippen LogP contribution in [0.4, 0.5) is 23.2 Å². The van der Waals surface area contributed by atoms with Crippen molar-refractivity contribution in [3.63, 3.8) is 0 Å². The Morgan fingerprint density at radius 3 is 2.41 bits per heavy atom. The molecule has 0 atom stereocenters. The van der Waals surface area contributed by atoms with E-state index in [1.54, 1.807) is 6.07 Å². The lowest BCUT2D eigenvalue weighted by Crippen LogP contribution is -2.24. The van der Waals surface area contributed by atoms with Gasteiger partial charge < -0.3 is 4.90 Å². The van der Waals surface area contributed by atoms with E-state index in [0.29, 0.717) is 11.3 Å². The first-order valence-corrected chi connectivity index (χ1v) is 5.48. The molecule has 0 aliphatic heterocycles. The van der Waals surface area contributed by atoms with Gasteiger partial charge in [-0.15, -0.1) is 11.6 Å². The Morgan fingerprint density at radius 1 is 1.24 bits per heavy atom. The van der Waals surface area contributed by atoms with Crippen LogP contribution in [-0.2, 0) is 5.88 Å². The smallest absolute Gasteiger partial charge is 0.374 e. The predicted octanol–water partition coefficient (Wildman–Crippen LogP) is 3.95. The SMILES string of the molecule is CN(CCC(F)(F)F)c1cc(F)cc(CCl)c1. The molecule has 6 heteroatoms. The van der Waals surface area contributed by atoms with Crippen molar-refractivity contribution in [2.24, 2.45) is 0 Å². The standard InChI is InChI=1S/C11H12ClF4N/c1-17(3-2-11(14,15)16)10-5-8(7-12)4-9(13)6-10/h4-6H,2-3,7H2,1H3. The Balaban J connectivity index is 2.74. The van der Waals surface area contributed by atoms with E-state index in [0.717, 1.165) is 0 Å². The second-order valence-electron chi connectivity index (χ2n) is 3.74. The Labute approximate surface area is 102 Å². The van der Waals surface area contributed by atoms with Crippen molar-refractivity contribution in [2.45, 2.75) is 18.5 Å². The molecule has 0 bridgehead atoms. The zero-order valence-electron chi connectivity index (χ0n) is 9.19. The van der Waals surface area contributed by atoms with Gasteiger partial charge in [0.15, 0.2) is 0 Å². The fourth-order valence-corrected chi connectivity index (χ4v) is 1.51. The second-order valence-corrected chi connectivity index (χ2v) is 4.01. The molecule has 1 aromatic rings. The molecule has 1 rings (SSSR count). The van der Waals surface area contributed by atoms with Gasteiger partial charge >= 0.3 is 6.18 Å². The number of benzene rings is 1. The summed E-state index contributed by atoms with van der Waals surface area (Å²) in [5, 5.41) is 0. The number of halogens is 5. The van der Waals surface area contributed by atoms with Crippen molar-refractivity contribution < 1.29 is 17.6 Å². The third-order valence-electron chi connectivity index (χ3n) is 2.27. The van der Waals surface area contributed by atoms with Crippen LogP contribution in [-0.4, -0.2) is 19.8 Å². The van der Waals surface area contributed by atoms with Gasteiger partial charge in [-0.1, -0.05) is 0 Å². The number of hydrogen-bond donors (Lipinski definition) is 0. The van der Waals surface area contributed by atoms with Crippen LogP contribution in [0, 0.1) is 5.82 Å². The van der Waals surface area contributed by atoms with Gasteiger partial charge in [0.25, 0.3) is 0 Å². The zero-order chi connectivity index (χ0) is 13.1. The lowest BCUT2D eigenvalue weighted by Gasteiger charge is -2.20. The molecular weight excluding hydrogens is 258 g/mol. The molecule has 0 radical (unpaired) electrons. The highest BCUT2D eigenvalue weighted by Gasteiger charge is 2.27. The summed E-state index contributed by atoms with van der Waals surface area (Å²) in [6.07, 6.45) is -5.15. The minimum Gasteiger partial charge on any atom is -0.374 e. The molecule has 17 heavy (non-hydrogen) atoms. The van der Waals surface area contributed by atoms with Gasteiger partial charge in [0, 0.05) is 25.2 Å². The number of hydrogen-bond acceptors (Lipinski definition) is 1. The molecule has 0 saturated heterocycles. The zero-order valence-corrected chi connectivity index (χ0v) is 9.95. The van der Waals surface area contributed by atoms with Crippen LogP contribution in [0.3, 0.4) is 0 Å². The Hall–Kier alpha value is -0.970. The Bertz CT molecular complexity index is 378. The van der Waals surface area contributed by atoms with E-state index in [2.05, 4.69) is 0 Å². The number of rotatable bonds is 4. The Morgan fingerprint density at radius 2 is 1.88 bits per heavy atom. The predicted molar refractivity (Wildman–Crippen MR) is 59.9 cm³/mol. The third kappa shape index (κ3) is 4.81. The lowest BCUT2D eigenvalue weighted by molar-refractivity contribution is -0.132. The van der Waals surface area contributed by atoms with E-state index in [-0.39, 0.29) is 12.4 Å². The third-order valence-corrected chi connectivity index (χ3v) is 2.58. The fourth-order valence-electron chi connectivity index (χ4n) is 1.35. The van der Waals surface area contributed by atoms with Crippen molar-refractivity contribution in [1.29, 1.82) is 0 Å². The van der Waals surface area contributed by atoms with Crippen molar-refractivity contribution in [3.05, 3.63) is 29.6 Å². The Kier molecular flexibility index (Phi) is 4.62. The summed E-state index contributed by atoms with van der Waals surface area (Å²) < 4.78 is 49.2. The van der Waals surface area contributed by atoms with Gasteiger partial charge in [-0.2, -0.15) is 13.2 Å². The summed E-state index contributed by atoms with van der Waals surface area (Å²) in [5.74, 6) is -0.380. The van der Waals surface area contributed by atoms with Crippen LogP contribution in [0.25, 0.3) is 0 Å². The largest absolute Gasteiger partial charge is 0.390 e. The molecule has 0 aliphatic rings. The molecule has 0 spiro atoms. The van der Waals surface area contributed by atoms with Gasteiger partial charge in [0.2, 0.25) is 0 Å². The minimum atomic E-state index is -4.21. The van der Waals surface area contributed by atoms with Gasteiger partial charge in [-0.3, -0.25) is 0 Å². The van der Waals surface area contributed by atoms with Crippen LogP contribution >= 0.6 is 11.6 Å². The minimum absolute atomic E-state index is 0.123. The highest BCUT2D eigenvalue weighted by atomic mass is 35.5. The molecule has 96 valence electrons. The van der Waals surface area contributed by atoms with Gasteiger partial charge in [-0.05, 0) is 23.8 Å². The summed E-state index contributed by atoms with van der Waals surface area (Å²) >= 11 is 5.56.